The van der Waals surface area contributed by atoms with Crippen LogP contribution in [0.15, 0.2) is 54.6 Å². The number of fused-ring (bicyclic) bond motifs is 1. The maximum atomic E-state index is 12.8. The molecular formula is C24H23ClIN5O. The Balaban J connectivity index is 1.62. The molecule has 0 aliphatic heterocycles. The molecule has 1 heterocycles. The van der Waals surface area contributed by atoms with Gasteiger partial charge in [-0.15, -0.1) is 10.2 Å². The second kappa shape index (κ2) is 9.46. The maximum absolute atomic E-state index is 12.8. The summed E-state index contributed by atoms with van der Waals surface area (Å²) in [4.78, 5) is 16.7. The summed E-state index contributed by atoms with van der Waals surface area (Å²) >= 11 is 8.38. The number of amides is 1. The van der Waals surface area contributed by atoms with Crippen LogP contribution in [0.25, 0.3) is 16.7 Å². The van der Waals surface area contributed by atoms with Crippen LogP contribution in [0.4, 0.5) is 11.4 Å². The van der Waals surface area contributed by atoms with Gasteiger partial charge in [0, 0.05) is 28.0 Å². The number of hydrogen-bond donors (Lipinski definition) is 1. The Bertz CT molecular complexity index is 1280. The van der Waals surface area contributed by atoms with Crippen LogP contribution in [-0.2, 0) is 0 Å². The number of anilines is 2. The van der Waals surface area contributed by atoms with Crippen LogP contribution < -0.4 is 10.2 Å². The Labute approximate surface area is 205 Å². The quantitative estimate of drug-likeness (QED) is 0.291. The molecule has 6 nitrogen and oxygen atoms in total. The first kappa shape index (κ1) is 22.5. The Kier molecular flexibility index (Phi) is 6.66. The zero-order chi connectivity index (χ0) is 22.8. The molecule has 3 aromatic carbocycles. The van der Waals surface area contributed by atoms with E-state index < -0.39 is 0 Å². The lowest BCUT2D eigenvalue weighted by Crippen LogP contribution is -2.21. The number of rotatable bonds is 6. The molecule has 0 aliphatic rings. The van der Waals surface area contributed by atoms with E-state index in [4.69, 9.17) is 11.6 Å². The molecule has 0 unspecified atom stereocenters. The number of benzene rings is 3. The van der Waals surface area contributed by atoms with Gasteiger partial charge in [-0.05, 0) is 104 Å². The largest absolute Gasteiger partial charge is 0.372 e. The second-order valence-corrected chi connectivity index (χ2v) is 9.07. The summed E-state index contributed by atoms with van der Waals surface area (Å²) in [5, 5.41) is 12.6. The minimum atomic E-state index is -0.254. The molecule has 0 saturated carbocycles. The molecule has 4 rings (SSSR count). The van der Waals surface area contributed by atoms with E-state index in [2.05, 4.69) is 69.0 Å². The number of aryl methyl sites for hydroxylation is 1. The van der Waals surface area contributed by atoms with Crippen LogP contribution in [0.1, 0.15) is 29.8 Å². The fraction of sp³-hybridized carbons (Fsp3) is 0.208. The highest BCUT2D eigenvalue weighted by atomic mass is 127. The first-order valence-corrected chi connectivity index (χ1v) is 11.8. The average molecular weight is 560 g/mol. The van der Waals surface area contributed by atoms with E-state index >= 15 is 0 Å². The molecule has 8 heteroatoms. The number of carbonyl (C=O) groups is 1. The molecule has 32 heavy (non-hydrogen) atoms. The van der Waals surface area contributed by atoms with Crippen molar-refractivity contribution in [2.75, 3.05) is 23.3 Å². The fourth-order valence-electron chi connectivity index (χ4n) is 3.56. The first-order chi connectivity index (χ1) is 15.4. The molecule has 0 bridgehead atoms. The summed E-state index contributed by atoms with van der Waals surface area (Å²) in [5.41, 5.74) is 5.54. The lowest BCUT2D eigenvalue weighted by Gasteiger charge is -2.20. The summed E-state index contributed by atoms with van der Waals surface area (Å²) in [6, 6.07) is 17.3. The molecular weight excluding hydrogens is 537 g/mol. The molecule has 0 aliphatic carbocycles. The van der Waals surface area contributed by atoms with Gasteiger partial charge >= 0.3 is 0 Å². The van der Waals surface area contributed by atoms with Gasteiger partial charge in [-0.2, -0.15) is 4.80 Å². The molecule has 0 fully saturated rings. The third-order valence-corrected chi connectivity index (χ3v) is 6.36. The number of halogens is 2. The molecule has 164 valence electrons. The zero-order valence-electron chi connectivity index (χ0n) is 18.1. The van der Waals surface area contributed by atoms with Crippen molar-refractivity contribution in [1.82, 2.24) is 15.0 Å². The van der Waals surface area contributed by atoms with Crippen LogP contribution in [-0.4, -0.2) is 34.0 Å². The number of nitrogens with one attached hydrogen (secondary N) is 1. The van der Waals surface area contributed by atoms with Gasteiger partial charge in [0.15, 0.2) is 0 Å². The van der Waals surface area contributed by atoms with E-state index in [1.54, 1.807) is 16.9 Å². The minimum Gasteiger partial charge on any atom is -0.372 e. The monoisotopic (exact) mass is 559 g/mol. The summed E-state index contributed by atoms with van der Waals surface area (Å²) in [6.45, 7) is 8.14. The fourth-order valence-corrected chi connectivity index (χ4v) is 4.26. The zero-order valence-corrected chi connectivity index (χ0v) is 21.0. The van der Waals surface area contributed by atoms with Gasteiger partial charge in [-0.1, -0.05) is 11.6 Å². The van der Waals surface area contributed by atoms with E-state index in [1.807, 2.05) is 37.3 Å². The topological polar surface area (TPSA) is 63.1 Å². The smallest absolute Gasteiger partial charge is 0.257 e. The van der Waals surface area contributed by atoms with Crippen molar-refractivity contribution in [2.45, 2.75) is 20.8 Å². The third-order valence-electron chi connectivity index (χ3n) is 5.36. The lowest BCUT2D eigenvalue weighted by atomic mass is 10.1. The van der Waals surface area contributed by atoms with E-state index in [1.165, 1.54) is 5.69 Å². The number of nitrogens with zero attached hydrogens (tertiary/aromatic N) is 4. The van der Waals surface area contributed by atoms with Gasteiger partial charge < -0.3 is 10.2 Å². The van der Waals surface area contributed by atoms with Gasteiger partial charge in [0.1, 0.15) is 11.0 Å². The Morgan fingerprint density at radius 3 is 2.34 bits per heavy atom. The highest BCUT2D eigenvalue weighted by Crippen LogP contribution is 2.25. The van der Waals surface area contributed by atoms with Gasteiger partial charge in [0.25, 0.3) is 5.91 Å². The van der Waals surface area contributed by atoms with Crippen LogP contribution in [0.2, 0.25) is 5.02 Å². The molecule has 0 saturated heterocycles. The van der Waals surface area contributed by atoms with E-state index in [-0.39, 0.29) is 5.91 Å². The molecule has 1 aromatic heterocycles. The van der Waals surface area contributed by atoms with Crippen molar-refractivity contribution in [3.05, 3.63) is 74.3 Å². The van der Waals surface area contributed by atoms with Crippen LogP contribution in [0.3, 0.4) is 0 Å². The summed E-state index contributed by atoms with van der Waals surface area (Å²) < 4.78 is 0.944. The normalized spacial score (nSPS) is 11.0. The molecule has 1 N–H and O–H groups in total. The highest BCUT2D eigenvalue weighted by molar-refractivity contribution is 14.1. The third kappa shape index (κ3) is 4.59. The minimum absolute atomic E-state index is 0.254. The van der Waals surface area contributed by atoms with Gasteiger partial charge in [-0.25, -0.2) is 0 Å². The molecule has 0 spiro atoms. The molecule has 4 aromatic rings. The van der Waals surface area contributed by atoms with Crippen LogP contribution in [0.5, 0.6) is 0 Å². The van der Waals surface area contributed by atoms with Crippen molar-refractivity contribution in [2.24, 2.45) is 0 Å². The van der Waals surface area contributed by atoms with Crippen LogP contribution >= 0.6 is 34.2 Å². The number of aromatic nitrogens is 3. The van der Waals surface area contributed by atoms with Gasteiger partial charge in [-0.3, -0.25) is 4.79 Å². The van der Waals surface area contributed by atoms with E-state index in [9.17, 15) is 4.79 Å². The second-order valence-electron chi connectivity index (χ2n) is 7.41. The SMILES string of the molecule is CCN(CC)c1ccc(-n2nc3cc(C)c(NC(=O)c4cc(I)ccc4Cl)cc3n2)cc1. The Morgan fingerprint density at radius 2 is 1.69 bits per heavy atom. The van der Waals surface area contributed by atoms with Crippen molar-refractivity contribution < 1.29 is 4.79 Å². The van der Waals surface area contributed by atoms with Crippen molar-refractivity contribution >= 4 is 62.5 Å². The molecule has 0 atom stereocenters. The standard InChI is InChI=1S/C24H23ClIN5O/c1-4-30(5-2)17-7-9-18(10-8-17)31-28-22-12-15(3)21(14-23(22)29-31)27-24(32)19-13-16(26)6-11-20(19)25/h6-14H,4-5H2,1-3H3,(H,27,32). The molecule has 1 amide bonds. The van der Waals surface area contributed by atoms with Gasteiger partial charge in [0.2, 0.25) is 0 Å². The Hall–Kier alpha value is -2.65. The molecule has 0 radical (unpaired) electrons. The maximum Gasteiger partial charge on any atom is 0.257 e. The van der Waals surface area contributed by atoms with Crippen molar-refractivity contribution in [3.8, 4) is 5.69 Å². The van der Waals surface area contributed by atoms with Crippen LogP contribution in [0, 0.1) is 10.5 Å². The van der Waals surface area contributed by atoms with E-state index in [0.717, 1.165) is 33.4 Å². The van der Waals surface area contributed by atoms with Gasteiger partial charge in [0.05, 0.1) is 16.3 Å². The number of carbonyl (C=O) groups excluding carboxylic acids is 1. The lowest BCUT2D eigenvalue weighted by molar-refractivity contribution is 0.102. The summed E-state index contributed by atoms with van der Waals surface area (Å²) in [7, 11) is 0. The summed E-state index contributed by atoms with van der Waals surface area (Å²) in [5.74, 6) is -0.254. The first-order valence-electron chi connectivity index (χ1n) is 10.4. The predicted molar refractivity (Wildman–Crippen MR) is 139 cm³/mol. The van der Waals surface area contributed by atoms with Crippen molar-refractivity contribution in [3.63, 3.8) is 0 Å². The average Bonchev–Trinajstić information content (AvgIpc) is 3.19. The Morgan fingerprint density at radius 1 is 1.03 bits per heavy atom. The van der Waals surface area contributed by atoms with E-state index in [0.29, 0.717) is 21.8 Å². The number of hydrogen-bond acceptors (Lipinski definition) is 4. The summed E-state index contributed by atoms with van der Waals surface area (Å²) in [6.07, 6.45) is 0. The highest BCUT2D eigenvalue weighted by Gasteiger charge is 2.15. The van der Waals surface area contributed by atoms with Crippen molar-refractivity contribution in [1.29, 1.82) is 0 Å². The predicted octanol–water partition coefficient (Wildman–Crippen LogP) is 6.09.